The predicted molar refractivity (Wildman–Crippen MR) is 54.9 cm³/mol. The van der Waals surface area contributed by atoms with E-state index in [0.717, 1.165) is 12.8 Å². The summed E-state index contributed by atoms with van der Waals surface area (Å²) in [5.74, 6) is 1.05. The quantitative estimate of drug-likeness (QED) is 0.599. The Bertz CT molecular complexity index is 191. The van der Waals surface area contributed by atoms with Gasteiger partial charge in [0.1, 0.15) is 0 Å². The van der Waals surface area contributed by atoms with Crippen molar-refractivity contribution in [1.29, 1.82) is 0 Å². The molecule has 4 atom stereocenters. The van der Waals surface area contributed by atoms with E-state index in [4.69, 9.17) is 11.6 Å². The molecular weight excluding hydrogens is 184 g/mol. The summed E-state index contributed by atoms with van der Waals surface area (Å²) >= 11 is 6.31. The molecule has 0 unspecified atom stereocenters. The summed E-state index contributed by atoms with van der Waals surface area (Å²) in [4.78, 5) is 0. The fourth-order valence-electron chi connectivity index (χ4n) is 3.19. The van der Waals surface area contributed by atoms with Crippen LogP contribution in [0.2, 0.25) is 0 Å². The Morgan fingerprint density at radius 3 is 2.62 bits per heavy atom. The molecule has 1 nitrogen and oxygen atoms in total. The van der Waals surface area contributed by atoms with E-state index in [0.29, 0.717) is 17.2 Å². The molecule has 0 heterocycles. The zero-order chi connectivity index (χ0) is 9.47. The van der Waals surface area contributed by atoms with Crippen molar-refractivity contribution in [2.45, 2.75) is 56.4 Å². The Kier molecular flexibility index (Phi) is 2.59. The van der Waals surface area contributed by atoms with Gasteiger partial charge < -0.3 is 5.11 Å². The Balaban J connectivity index is 2.14. The van der Waals surface area contributed by atoms with Gasteiger partial charge in [-0.3, -0.25) is 0 Å². The SMILES string of the molecule is C[C@]1(O)CC[C@H](Cl)[C@@H]2CCCC[C@H]21. The number of fused-ring (bicyclic) bond motifs is 1. The van der Waals surface area contributed by atoms with Crippen LogP contribution < -0.4 is 0 Å². The van der Waals surface area contributed by atoms with Gasteiger partial charge in [-0.15, -0.1) is 11.6 Å². The minimum absolute atomic E-state index is 0.325. The molecule has 1 N–H and O–H groups in total. The zero-order valence-electron chi connectivity index (χ0n) is 8.30. The minimum atomic E-state index is -0.434. The largest absolute Gasteiger partial charge is 0.390 e. The van der Waals surface area contributed by atoms with Gasteiger partial charge in [-0.25, -0.2) is 0 Å². The Hall–Kier alpha value is 0.250. The fourth-order valence-corrected chi connectivity index (χ4v) is 3.60. The molecule has 0 aromatic carbocycles. The van der Waals surface area contributed by atoms with E-state index in [2.05, 4.69) is 0 Å². The van der Waals surface area contributed by atoms with Crippen LogP contribution in [-0.4, -0.2) is 16.1 Å². The first-order chi connectivity index (χ1) is 6.11. The van der Waals surface area contributed by atoms with Crippen LogP contribution in [0.5, 0.6) is 0 Å². The third-order valence-corrected chi connectivity index (χ3v) is 4.55. The third-order valence-electron chi connectivity index (χ3n) is 4.01. The van der Waals surface area contributed by atoms with Gasteiger partial charge in [0.25, 0.3) is 0 Å². The van der Waals surface area contributed by atoms with Crippen LogP contribution in [0.3, 0.4) is 0 Å². The van der Waals surface area contributed by atoms with E-state index in [1.54, 1.807) is 0 Å². The molecule has 0 spiro atoms. The van der Waals surface area contributed by atoms with Gasteiger partial charge in [-0.1, -0.05) is 12.8 Å². The molecule has 0 aromatic rings. The van der Waals surface area contributed by atoms with E-state index in [-0.39, 0.29) is 0 Å². The van der Waals surface area contributed by atoms with E-state index >= 15 is 0 Å². The number of rotatable bonds is 0. The normalized spacial score (nSPS) is 51.5. The summed E-state index contributed by atoms with van der Waals surface area (Å²) in [5.41, 5.74) is -0.434. The number of alkyl halides is 1. The van der Waals surface area contributed by atoms with Gasteiger partial charge in [0.05, 0.1) is 5.60 Å². The van der Waals surface area contributed by atoms with E-state index in [1.807, 2.05) is 6.92 Å². The van der Waals surface area contributed by atoms with E-state index in [9.17, 15) is 5.11 Å². The molecular formula is C11H19ClO. The van der Waals surface area contributed by atoms with Crippen molar-refractivity contribution in [3.8, 4) is 0 Å². The summed E-state index contributed by atoms with van der Waals surface area (Å²) in [6.45, 7) is 2.00. The van der Waals surface area contributed by atoms with Gasteiger partial charge in [-0.05, 0) is 44.4 Å². The number of aliphatic hydroxyl groups is 1. The average molecular weight is 203 g/mol. The summed E-state index contributed by atoms with van der Waals surface area (Å²) < 4.78 is 0. The van der Waals surface area contributed by atoms with Crippen LogP contribution in [0.15, 0.2) is 0 Å². The van der Waals surface area contributed by atoms with Crippen LogP contribution in [-0.2, 0) is 0 Å². The van der Waals surface area contributed by atoms with Gasteiger partial charge in [0, 0.05) is 5.38 Å². The standard InChI is InChI=1S/C11H19ClO/c1-11(13)7-6-10(12)8-4-2-3-5-9(8)11/h8-10,13H,2-7H2,1H3/t8-,9-,10+,11+/m1/s1. The highest BCUT2D eigenvalue weighted by Crippen LogP contribution is 2.47. The van der Waals surface area contributed by atoms with Gasteiger partial charge in [0.2, 0.25) is 0 Å². The lowest BCUT2D eigenvalue weighted by Gasteiger charge is -2.47. The van der Waals surface area contributed by atoms with Crippen molar-refractivity contribution in [3.05, 3.63) is 0 Å². The van der Waals surface area contributed by atoms with E-state index < -0.39 is 5.60 Å². The first kappa shape index (κ1) is 9.79. The van der Waals surface area contributed by atoms with Crippen molar-refractivity contribution < 1.29 is 5.11 Å². The van der Waals surface area contributed by atoms with Crippen molar-refractivity contribution in [1.82, 2.24) is 0 Å². The Morgan fingerprint density at radius 2 is 1.92 bits per heavy atom. The molecule has 0 saturated heterocycles. The third kappa shape index (κ3) is 1.73. The first-order valence-electron chi connectivity index (χ1n) is 5.48. The van der Waals surface area contributed by atoms with Crippen LogP contribution >= 0.6 is 11.6 Å². The lowest BCUT2D eigenvalue weighted by atomic mass is 9.63. The molecule has 2 heteroatoms. The van der Waals surface area contributed by atoms with Crippen molar-refractivity contribution in [2.75, 3.05) is 0 Å². The van der Waals surface area contributed by atoms with Crippen molar-refractivity contribution in [3.63, 3.8) is 0 Å². The highest BCUT2D eigenvalue weighted by molar-refractivity contribution is 6.20. The smallest absolute Gasteiger partial charge is 0.0651 e. The maximum atomic E-state index is 10.2. The predicted octanol–water partition coefficient (Wildman–Crippen LogP) is 2.95. The first-order valence-corrected chi connectivity index (χ1v) is 5.91. The van der Waals surface area contributed by atoms with Crippen LogP contribution in [0.4, 0.5) is 0 Å². The highest BCUT2D eigenvalue weighted by Gasteiger charge is 2.45. The summed E-state index contributed by atoms with van der Waals surface area (Å²) in [5, 5.41) is 10.6. The molecule has 0 bridgehead atoms. The second kappa shape index (κ2) is 3.43. The molecule has 0 aromatic heterocycles. The highest BCUT2D eigenvalue weighted by atomic mass is 35.5. The fraction of sp³-hybridized carbons (Fsp3) is 1.00. The molecule has 0 aliphatic heterocycles. The molecule has 2 rings (SSSR count). The van der Waals surface area contributed by atoms with Crippen molar-refractivity contribution >= 4 is 11.6 Å². The molecule has 2 saturated carbocycles. The van der Waals surface area contributed by atoms with E-state index in [1.165, 1.54) is 25.7 Å². The molecule has 13 heavy (non-hydrogen) atoms. The van der Waals surface area contributed by atoms with Crippen LogP contribution in [0, 0.1) is 11.8 Å². The lowest BCUT2D eigenvalue weighted by molar-refractivity contribution is -0.0721. The Morgan fingerprint density at radius 1 is 1.23 bits per heavy atom. The van der Waals surface area contributed by atoms with Gasteiger partial charge in [0.15, 0.2) is 0 Å². The average Bonchev–Trinajstić information content (AvgIpc) is 2.13. The number of hydrogen-bond acceptors (Lipinski definition) is 1. The lowest BCUT2D eigenvalue weighted by Crippen LogP contribution is -2.48. The minimum Gasteiger partial charge on any atom is -0.390 e. The van der Waals surface area contributed by atoms with Crippen LogP contribution in [0.1, 0.15) is 45.4 Å². The maximum absolute atomic E-state index is 10.2. The summed E-state index contributed by atoms with van der Waals surface area (Å²) in [6, 6.07) is 0. The number of halogens is 1. The van der Waals surface area contributed by atoms with Gasteiger partial charge >= 0.3 is 0 Å². The molecule has 2 aliphatic carbocycles. The zero-order valence-corrected chi connectivity index (χ0v) is 9.06. The van der Waals surface area contributed by atoms with Gasteiger partial charge in [-0.2, -0.15) is 0 Å². The number of hydrogen-bond donors (Lipinski definition) is 1. The molecule has 2 fully saturated rings. The second-order valence-corrected chi connectivity index (χ2v) is 5.53. The van der Waals surface area contributed by atoms with Crippen molar-refractivity contribution in [2.24, 2.45) is 11.8 Å². The molecule has 76 valence electrons. The maximum Gasteiger partial charge on any atom is 0.0651 e. The topological polar surface area (TPSA) is 20.2 Å². The summed E-state index contributed by atoms with van der Waals surface area (Å²) in [6.07, 6.45) is 6.88. The Labute approximate surface area is 85.5 Å². The second-order valence-electron chi connectivity index (χ2n) is 4.97. The molecule has 0 amide bonds. The summed E-state index contributed by atoms with van der Waals surface area (Å²) in [7, 11) is 0. The molecule has 2 aliphatic rings. The van der Waals surface area contributed by atoms with Crippen LogP contribution in [0.25, 0.3) is 0 Å². The monoisotopic (exact) mass is 202 g/mol. The molecule has 0 radical (unpaired) electrons.